The fourth-order valence-electron chi connectivity index (χ4n) is 3.19. The van der Waals surface area contributed by atoms with Crippen LogP contribution in [0.5, 0.6) is 5.75 Å². The molecule has 2 amide bonds. The Bertz CT molecular complexity index is 932. The third kappa shape index (κ3) is 4.96. The largest absolute Gasteiger partial charge is 0.491 e. The Labute approximate surface area is 170 Å². The van der Waals surface area contributed by atoms with E-state index in [2.05, 4.69) is 10.6 Å². The summed E-state index contributed by atoms with van der Waals surface area (Å²) in [5.41, 5.74) is 3.57. The van der Waals surface area contributed by atoms with Gasteiger partial charge in [-0.3, -0.25) is 0 Å². The van der Waals surface area contributed by atoms with Crippen LogP contribution in [0.3, 0.4) is 0 Å². The number of aryl methyl sites for hydroxylation is 1. The minimum absolute atomic E-state index is 0.0458. The smallest absolute Gasteiger partial charge is 0.338 e. The summed E-state index contributed by atoms with van der Waals surface area (Å²) in [4.78, 5) is 25.1. The highest BCUT2D eigenvalue weighted by Gasteiger charge is 2.34. The molecule has 0 aromatic heterocycles. The van der Waals surface area contributed by atoms with E-state index < -0.39 is 12.0 Å². The van der Waals surface area contributed by atoms with Crippen molar-refractivity contribution in [3.63, 3.8) is 0 Å². The zero-order valence-corrected chi connectivity index (χ0v) is 17.1. The molecule has 6 nitrogen and oxygen atoms in total. The number of carbonyl (C=O) groups is 2. The van der Waals surface area contributed by atoms with Crippen molar-refractivity contribution in [3.8, 4) is 5.75 Å². The summed E-state index contributed by atoms with van der Waals surface area (Å²) in [5, 5.41) is 5.49. The summed E-state index contributed by atoms with van der Waals surface area (Å²) < 4.78 is 11.4. The highest BCUT2D eigenvalue weighted by Crippen LogP contribution is 2.34. The third-order valence-electron chi connectivity index (χ3n) is 4.57. The molecule has 0 unspecified atom stereocenters. The number of allylic oxidation sites excluding steroid dienone is 1. The summed E-state index contributed by atoms with van der Waals surface area (Å²) in [6.45, 7) is 7.70. The van der Waals surface area contributed by atoms with Crippen LogP contribution in [-0.4, -0.2) is 18.1 Å². The Morgan fingerprint density at radius 1 is 1.07 bits per heavy atom. The van der Waals surface area contributed by atoms with E-state index in [-0.39, 0.29) is 18.7 Å². The minimum atomic E-state index is -0.663. The fraction of sp³-hybridized carbons (Fsp3) is 0.304. The molecule has 2 N–H and O–H groups in total. The number of rotatable bonds is 6. The average Bonchev–Trinajstić information content (AvgIpc) is 2.66. The maximum atomic E-state index is 13.0. The van der Waals surface area contributed by atoms with Crippen LogP contribution >= 0.6 is 0 Å². The molecule has 0 saturated carbocycles. The molecule has 1 aliphatic heterocycles. The molecule has 0 fully saturated rings. The lowest BCUT2D eigenvalue weighted by Gasteiger charge is -2.29. The number of ether oxygens (including phenoxy) is 2. The molecular weight excluding hydrogens is 368 g/mol. The highest BCUT2D eigenvalue weighted by molar-refractivity contribution is 5.95. The van der Waals surface area contributed by atoms with E-state index in [0.29, 0.717) is 22.6 Å². The molecule has 2 aromatic rings. The summed E-state index contributed by atoms with van der Waals surface area (Å²) in [7, 11) is 0. The first-order chi connectivity index (χ1) is 13.8. The maximum absolute atomic E-state index is 13.0. The van der Waals surface area contributed by atoms with Crippen molar-refractivity contribution >= 4 is 12.0 Å². The Balaban J connectivity index is 1.88. The molecule has 0 bridgehead atoms. The highest BCUT2D eigenvalue weighted by atomic mass is 16.5. The lowest BCUT2D eigenvalue weighted by Crippen LogP contribution is -2.45. The van der Waals surface area contributed by atoms with Crippen LogP contribution in [0.4, 0.5) is 4.79 Å². The number of esters is 1. The van der Waals surface area contributed by atoms with Crippen molar-refractivity contribution in [3.05, 3.63) is 76.5 Å². The quantitative estimate of drug-likeness (QED) is 0.722. The molecule has 29 heavy (non-hydrogen) atoms. The van der Waals surface area contributed by atoms with Gasteiger partial charge in [0, 0.05) is 11.3 Å². The van der Waals surface area contributed by atoms with Gasteiger partial charge in [0.15, 0.2) is 0 Å². The summed E-state index contributed by atoms with van der Waals surface area (Å²) in [6, 6.07) is 14.1. The van der Waals surface area contributed by atoms with E-state index in [1.807, 2.05) is 69.3 Å². The first-order valence-electron chi connectivity index (χ1n) is 9.61. The van der Waals surface area contributed by atoms with Crippen LogP contribution in [-0.2, 0) is 16.1 Å². The second-order valence-electron chi connectivity index (χ2n) is 7.34. The number of carbonyl (C=O) groups excluding carboxylic acids is 2. The number of hydrogen-bond acceptors (Lipinski definition) is 4. The molecule has 0 spiro atoms. The fourth-order valence-corrected chi connectivity index (χ4v) is 3.19. The van der Waals surface area contributed by atoms with Crippen molar-refractivity contribution in [2.75, 3.05) is 0 Å². The van der Waals surface area contributed by atoms with Crippen LogP contribution in [0.25, 0.3) is 0 Å². The van der Waals surface area contributed by atoms with E-state index >= 15 is 0 Å². The van der Waals surface area contributed by atoms with Gasteiger partial charge >= 0.3 is 12.0 Å². The predicted molar refractivity (Wildman–Crippen MR) is 110 cm³/mol. The maximum Gasteiger partial charge on any atom is 0.338 e. The number of hydrogen-bond donors (Lipinski definition) is 2. The van der Waals surface area contributed by atoms with E-state index in [1.54, 1.807) is 6.92 Å². The Hall–Kier alpha value is -3.28. The van der Waals surface area contributed by atoms with Crippen LogP contribution in [0.1, 0.15) is 43.5 Å². The molecule has 1 heterocycles. The summed E-state index contributed by atoms with van der Waals surface area (Å²) in [5.74, 6) is 0.131. The molecular formula is C23H26N2O4. The SMILES string of the molecule is CC1=C(C(=O)OCc2ccc(C)cc2)[C@H](c2ccccc2OC(C)C)NC(=O)N1. The second kappa shape index (κ2) is 8.82. The number of nitrogens with one attached hydrogen (secondary N) is 2. The lowest BCUT2D eigenvalue weighted by molar-refractivity contribution is -0.140. The van der Waals surface area contributed by atoms with E-state index in [9.17, 15) is 9.59 Å². The van der Waals surface area contributed by atoms with Crippen molar-refractivity contribution < 1.29 is 19.1 Å². The van der Waals surface area contributed by atoms with Gasteiger partial charge in [-0.2, -0.15) is 0 Å². The van der Waals surface area contributed by atoms with Crippen LogP contribution in [0.15, 0.2) is 59.8 Å². The van der Waals surface area contributed by atoms with E-state index in [0.717, 1.165) is 11.1 Å². The van der Waals surface area contributed by atoms with Crippen molar-refractivity contribution in [1.29, 1.82) is 0 Å². The lowest BCUT2D eigenvalue weighted by atomic mass is 9.94. The van der Waals surface area contributed by atoms with E-state index in [4.69, 9.17) is 9.47 Å². The van der Waals surface area contributed by atoms with Gasteiger partial charge in [-0.25, -0.2) is 9.59 Å². The second-order valence-corrected chi connectivity index (χ2v) is 7.34. The standard InChI is InChI=1S/C23H26N2O4/c1-14(2)29-19-8-6-5-7-18(19)21-20(16(4)24-23(27)25-21)22(26)28-13-17-11-9-15(3)10-12-17/h5-12,14,21H,13H2,1-4H3,(H2,24,25,27)/t21-/m0/s1. The molecule has 3 rings (SSSR count). The normalized spacial score (nSPS) is 16.3. The molecule has 152 valence electrons. The molecule has 0 radical (unpaired) electrons. The number of amides is 2. The van der Waals surface area contributed by atoms with E-state index in [1.165, 1.54) is 0 Å². The molecule has 6 heteroatoms. The Kier molecular flexibility index (Phi) is 6.22. The first kappa shape index (κ1) is 20.5. The molecule has 1 atom stereocenters. The van der Waals surface area contributed by atoms with Gasteiger partial charge in [-0.1, -0.05) is 48.0 Å². The molecule has 0 saturated heterocycles. The van der Waals surface area contributed by atoms with Gasteiger partial charge in [0.25, 0.3) is 0 Å². The monoisotopic (exact) mass is 394 g/mol. The van der Waals surface area contributed by atoms with Crippen molar-refractivity contribution in [2.45, 2.75) is 46.4 Å². The van der Waals surface area contributed by atoms with Crippen LogP contribution < -0.4 is 15.4 Å². The molecule has 2 aromatic carbocycles. The van der Waals surface area contributed by atoms with Gasteiger partial charge < -0.3 is 20.1 Å². The third-order valence-corrected chi connectivity index (χ3v) is 4.57. The number of benzene rings is 2. The predicted octanol–water partition coefficient (Wildman–Crippen LogP) is 4.15. The van der Waals surface area contributed by atoms with Crippen LogP contribution in [0.2, 0.25) is 0 Å². The van der Waals surface area contributed by atoms with Gasteiger partial charge in [0.05, 0.1) is 17.7 Å². The molecule has 0 aliphatic carbocycles. The summed E-state index contributed by atoms with van der Waals surface area (Å²) in [6.07, 6.45) is -0.0458. The van der Waals surface area contributed by atoms with Crippen LogP contribution in [0, 0.1) is 6.92 Å². The van der Waals surface area contributed by atoms with Gasteiger partial charge in [-0.05, 0) is 39.3 Å². The van der Waals surface area contributed by atoms with Crippen molar-refractivity contribution in [2.24, 2.45) is 0 Å². The number of urea groups is 1. The first-order valence-corrected chi connectivity index (χ1v) is 9.61. The van der Waals surface area contributed by atoms with Gasteiger partial charge in [-0.15, -0.1) is 0 Å². The zero-order valence-electron chi connectivity index (χ0n) is 17.1. The summed E-state index contributed by atoms with van der Waals surface area (Å²) >= 11 is 0. The van der Waals surface area contributed by atoms with Gasteiger partial charge in [0.1, 0.15) is 12.4 Å². The topological polar surface area (TPSA) is 76.7 Å². The Morgan fingerprint density at radius 3 is 2.45 bits per heavy atom. The van der Waals surface area contributed by atoms with Crippen molar-refractivity contribution in [1.82, 2.24) is 10.6 Å². The average molecular weight is 394 g/mol. The molecule has 1 aliphatic rings. The zero-order chi connectivity index (χ0) is 21.0. The minimum Gasteiger partial charge on any atom is -0.491 e. The number of para-hydroxylation sites is 1. The van der Waals surface area contributed by atoms with Gasteiger partial charge in [0.2, 0.25) is 0 Å². The Morgan fingerprint density at radius 2 is 1.76 bits per heavy atom.